The second-order valence-electron chi connectivity index (χ2n) is 1.89. The summed E-state index contributed by atoms with van der Waals surface area (Å²) in [5.74, 6) is 0. The normalized spacial score (nSPS) is 43.6. The van der Waals surface area contributed by atoms with Crippen LogP contribution in [-0.2, 0) is 9.05 Å². The van der Waals surface area contributed by atoms with E-state index >= 15 is 0 Å². The van der Waals surface area contributed by atoms with Crippen LogP contribution in [-0.4, -0.2) is 12.7 Å². The Hall–Kier alpha value is 0.140. The van der Waals surface area contributed by atoms with Gasteiger partial charge in [-0.25, -0.2) is 0 Å². The van der Waals surface area contributed by atoms with Crippen LogP contribution in [0, 0.1) is 0 Å². The van der Waals surface area contributed by atoms with Gasteiger partial charge in [-0.1, -0.05) is 0 Å². The van der Waals surface area contributed by atoms with Crippen LogP contribution < -0.4 is 0 Å². The Bertz CT molecular complexity index is 131. The van der Waals surface area contributed by atoms with Gasteiger partial charge < -0.3 is 0 Å². The van der Waals surface area contributed by atoms with Crippen LogP contribution in [0.25, 0.3) is 0 Å². The van der Waals surface area contributed by atoms with Crippen LogP contribution in [0.3, 0.4) is 0 Å². The summed E-state index contributed by atoms with van der Waals surface area (Å²) >= 11 is 0. The standard InChI is InChI=1S/C3H6F3O2P/c1-3-2-7-9(4,5,6)8-3/h3H,2H2,1H3. The predicted molar refractivity (Wildman–Crippen MR) is 26.7 cm³/mol. The fourth-order valence-electron chi connectivity index (χ4n) is 0.558. The number of rotatable bonds is 0. The first-order valence-corrected chi connectivity index (χ1v) is 4.13. The molecule has 6 heteroatoms. The molecule has 0 saturated carbocycles. The molecule has 2 nitrogen and oxygen atoms in total. The molecule has 0 aliphatic carbocycles. The minimum absolute atomic E-state index is 0.360. The van der Waals surface area contributed by atoms with Gasteiger partial charge in [-0.3, -0.25) is 0 Å². The van der Waals surface area contributed by atoms with Crippen LogP contribution in [0.4, 0.5) is 12.6 Å². The van der Waals surface area contributed by atoms with Gasteiger partial charge in [0, 0.05) is 0 Å². The minimum atomic E-state index is -6.56. The van der Waals surface area contributed by atoms with Gasteiger partial charge in [-0.05, 0) is 0 Å². The summed E-state index contributed by atoms with van der Waals surface area (Å²) < 4.78 is 42.9. The van der Waals surface area contributed by atoms with Crippen molar-refractivity contribution in [3.8, 4) is 0 Å². The van der Waals surface area contributed by atoms with E-state index in [-0.39, 0.29) is 6.61 Å². The van der Waals surface area contributed by atoms with Crippen molar-refractivity contribution >= 4 is 7.99 Å². The van der Waals surface area contributed by atoms with Crippen molar-refractivity contribution in [2.24, 2.45) is 0 Å². The Morgan fingerprint density at radius 2 is 2.00 bits per heavy atom. The van der Waals surface area contributed by atoms with E-state index in [1.807, 2.05) is 0 Å². The van der Waals surface area contributed by atoms with Gasteiger partial charge >= 0.3 is 49.3 Å². The first kappa shape index (κ1) is 7.25. The van der Waals surface area contributed by atoms with Crippen molar-refractivity contribution < 1.29 is 21.6 Å². The zero-order valence-electron chi connectivity index (χ0n) is 4.68. The maximum absolute atomic E-state index is 11.9. The summed E-state index contributed by atoms with van der Waals surface area (Å²) in [5.41, 5.74) is 0. The molecule has 1 fully saturated rings. The summed E-state index contributed by atoms with van der Waals surface area (Å²) in [6, 6.07) is 0. The molecule has 0 N–H and O–H groups in total. The maximum atomic E-state index is 11.9. The SMILES string of the molecule is CC1COP(F)(F)(F)O1. The Balaban J connectivity index is 2.67. The van der Waals surface area contributed by atoms with Crippen LogP contribution >= 0.6 is 7.99 Å². The molecule has 1 heterocycles. The Labute approximate surface area is 50.4 Å². The van der Waals surface area contributed by atoms with Gasteiger partial charge in [0.05, 0.1) is 0 Å². The van der Waals surface area contributed by atoms with Crippen molar-refractivity contribution in [3.63, 3.8) is 0 Å². The molecule has 0 aromatic carbocycles. The monoisotopic (exact) mass is 162 g/mol. The van der Waals surface area contributed by atoms with Crippen molar-refractivity contribution in [2.45, 2.75) is 13.0 Å². The van der Waals surface area contributed by atoms with Gasteiger partial charge in [0.25, 0.3) is 0 Å². The van der Waals surface area contributed by atoms with E-state index in [1.54, 1.807) is 0 Å². The summed E-state index contributed by atoms with van der Waals surface area (Å²) in [6.45, 7) is 0.967. The van der Waals surface area contributed by atoms with E-state index in [0.717, 1.165) is 0 Å². The molecule has 0 radical (unpaired) electrons. The van der Waals surface area contributed by atoms with Crippen molar-refractivity contribution in [3.05, 3.63) is 0 Å². The fraction of sp³-hybridized carbons (Fsp3) is 1.00. The summed E-state index contributed by atoms with van der Waals surface area (Å²) in [6.07, 6.45) is -0.831. The Kier molecular flexibility index (Phi) is 1.28. The molecule has 0 amide bonds. The van der Waals surface area contributed by atoms with E-state index in [0.29, 0.717) is 0 Å². The molecule has 0 bridgehead atoms. The third-order valence-electron chi connectivity index (χ3n) is 0.851. The van der Waals surface area contributed by atoms with Crippen LogP contribution in [0.15, 0.2) is 0 Å². The summed E-state index contributed by atoms with van der Waals surface area (Å²) in [7, 11) is -6.56. The van der Waals surface area contributed by atoms with Gasteiger partial charge in [-0.2, -0.15) is 0 Å². The molecule has 56 valence electrons. The molecular formula is C3H6F3O2P. The molecule has 0 aromatic heterocycles. The van der Waals surface area contributed by atoms with Crippen molar-refractivity contribution in [1.82, 2.24) is 0 Å². The number of hydrogen-bond donors (Lipinski definition) is 0. The molecule has 1 aliphatic heterocycles. The number of hydrogen-bond acceptors (Lipinski definition) is 2. The molecule has 1 aliphatic rings. The van der Waals surface area contributed by atoms with E-state index < -0.39 is 14.1 Å². The van der Waals surface area contributed by atoms with Crippen molar-refractivity contribution in [1.29, 1.82) is 0 Å². The molecule has 9 heavy (non-hydrogen) atoms. The van der Waals surface area contributed by atoms with E-state index in [1.165, 1.54) is 6.92 Å². The topological polar surface area (TPSA) is 18.5 Å². The van der Waals surface area contributed by atoms with Gasteiger partial charge in [0.2, 0.25) is 0 Å². The summed E-state index contributed by atoms with van der Waals surface area (Å²) in [5, 5.41) is 0. The van der Waals surface area contributed by atoms with E-state index in [2.05, 4.69) is 9.05 Å². The Morgan fingerprint density at radius 1 is 1.44 bits per heavy atom. The molecule has 0 aromatic rings. The third kappa shape index (κ3) is 1.78. The van der Waals surface area contributed by atoms with Gasteiger partial charge in [0.1, 0.15) is 0 Å². The van der Waals surface area contributed by atoms with E-state index in [9.17, 15) is 12.6 Å². The van der Waals surface area contributed by atoms with Crippen molar-refractivity contribution in [2.75, 3.05) is 6.61 Å². The second kappa shape index (κ2) is 1.59. The van der Waals surface area contributed by atoms with E-state index in [4.69, 9.17) is 0 Å². The molecule has 0 spiro atoms. The van der Waals surface area contributed by atoms with Crippen LogP contribution in [0.5, 0.6) is 0 Å². The van der Waals surface area contributed by atoms with Crippen LogP contribution in [0.1, 0.15) is 6.92 Å². The molecule has 1 atom stereocenters. The fourth-order valence-corrected chi connectivity index (χ4v) is 1.67. The number of halogens is 3. The first-order chi connectivity index (χ1) is 3.87. The van der Waals surface area contributed by atoms with Crippen LogP contribution in [0.2, 0.25) is 0 Å². The van der Waals surface area contributed by atoms with Gasteiger partial charge in [0.15, 0.2) is 0 Å². The molecule has 1 rings (SSSR count). The zero-order chi connectivity index (χ0) is 7.15. The second-order valence-corrected chi connectivity index (χ2v) is 3.72. The predicted octanol–water partition coefficient (Wildman–Crippen LogP) is 2.46. The quantitative estimate of drug-likeness (QED) is 0.509. The first-order valence-electron chi connectivity index (χ1n) is 2.38. The van der Waals surface area contributed by atoms with Gasteiger partial charge in [-0.15, -0.1) is 0 Å². The average molecular weight is 162 g/mol. The molecule has 1 unspecified atom stereocenters. The zero-order valence-corrected chi connectivity index (χ0v) is 5.58. The average Bonchev–Trinajstić information content (AvgIpc) is 1.78. The molecular weight excluding hydrogens is 156 g/mol. The molecule has 1 saturated heterocycles. The summed E-state index contributed by atoms with van der Waals surface area (Å²) in [4.78, 5) is 0. The Morgan fingerprint density at radius 3 is 2.11 bits per heavy atom. The third-order valence-corrected chi connectivity index (χ3v) is 2.08.